The minimum absolute atomic E-state index is 0.193. The average molecular weight is 191 g/mol. The molecule has 0 fully saturated rings. The Hall–Kier alpha value is -1.02. The van der Waals surface area contributed by atoms with Gasteiger partial charge in [-0.1, -0.05) is 25.1 Å². The second kappa shape index (κ2) is 4.01. The fourth-order valence-corrected chi connectivity index (χ4v) is 1.98. The molecule has 0 bridgehead atoms. The van der Waals surface area contributed by atoms with Gasteiger partial charge in [-0.25, -0.2) is 0 Å². The average Bonchev–Trinajstić information content (AvgIpc) is 2.62. The number of rotatable bonds is 3. The first kappa shape index (κ1) is 9.53. The molecule has 0 amide bonds. The summed E-state index contributed by atoms with van der Waals surface area (Å²) in [5.41, 5.74) is 2.72. The minimum atomic E-state index is -0.193. The summed E-state index contributed by atoms with van der Waals surface area (Å²) in [5, 5.41) is 9.60. The van der Waals surface area contributed by atoms with E-state index in [9.17, 15) is 5.11 Å². The van der Waals surface area contributed by atoms with Crippen molar-refractivity contribution in [2.24, 2.45) is 0 Å². The van der Waals surface area contributed by atoms with Gasteiger partial charge in [0, 0.05) is 18.8 Å². The lowest BCUT2D eigenvalue weighted by atomic mass is 10.2. The Balaban J connectivity index is 2.10. The first-order valence-corrected chi connectivity index (χ1v) is 5.32. The maximum atomic E-state index is 9.60. The Labute approximate surface area is 85.2 Å². The van der Waals surface area contributed by atoms with Gasteiger partial charge in [-0.2, -0.15) is 0 Å². The smallest absolute Gasteiger partial charge is 0.0712 e. The monoisotopic (exact) mass is 191 g/mol. The molecule has 0 radical (unpaired) electrons. The summed E-state index contributed by atoms with van der Waals surface area (Å²) in [7, 11) is 0. The van der Waals surface area contributed by atoms with Crippen LogP contribution in [0.15, 0.2) is 24.3 Å². The lowest BCUT2D eigenvalue weighted by Crippen LogP contribution is -2.30. The first-order chi connectivity index (χ1) is 6.81. The summed E-state index contributed by atoms with van der Waals surface area (Å²) < 4.78 is 0. The standard InChI is InChI=1S/C12H17NO/c1-2-11(14)9-13-8-7-10-5-3-4-6-12(10)13/h3-6,11,14H,2,7-9H2,1H3/t11-/m0/s1. The van der Waals surface area contributed by atoms with Crippen molar-refractivity contribution in [3.63, 3.8) is 0 Å². The Kier molecular flexibility index (Phi) is 2.73. The highest BCUT2D eigenvalue weighted by atomic mass is 16.3. The molecule has 1 aromatic rings. The molecule has 1 atom stereocenters. The fraction of sp³-hybridized carbons (Fsp3) is 0.500. The van der Waals surface area contributed by atoms with Gasteiger partial charge in [0.25, 0.3) is 0 Å². The number of nitrogens with zero attached hydrogens (tertiary/aromatic N) is 1. The van der Waals surface area contributed by atoms with E-state index in [1.807, 2.05) is 6.92 Å². The van der Waals surface area contributed by atoms with Gasteiger partial charge < -0.3 is 10.0 Å². The highest BCUT2D eigenvalue weighted by Crippen LogP contribution is 2.27. The Morgan fingerprint density at radius 2 is 2.21 bits per heavy atom. The van der Waals surface area contributed by atoms with Crippen molar-refractivity contribution in [1.29, 1.82) is 0 Å². The SMILES string of the molecule is CC[C@H](O)CN1CCc2ccccc21. The Bertz CT molecular complexity index is 311. The van der Waals surface area contributed by atoms with Crippen molar-refractivity contribution < 1.29 is 5.11 Å². The number of para-hydroxylation sites is 1. The second-order valence-electron chi connectivity index (χ2n) is 3.89. The quantitative estimate of drug-likeness (QED) is 0.787. The van der Waals surface area contributed by atoms with E-state index in [0.29, 0.717) is 0 Å². The molecule has 1 aliphatic heterocycles. The van der Waals surface area contributed by atoms with Crippen LogP contribution in [0.25, 0.3) is 0 Å². The molecule has 0 saturated heterocycles. The van der Waals surface area contributed by atoms with E-state index in [-0.39, 0.29) is 6.10 Å². The van der Waals surface area contributed by atoms with Crippen LogP contribution < -0.4 is 4.90 Å². The van der Waals surface area contributed by atoms with E-state index in [4.69, 9.17) is 0 Å². The van der Waals surface area contributed by atoms with Crippen LogP contribution in [0.5, 0.6) is 0 Å². The maximum Gasteiger partial charge on any atom is 0.0712 e. The van der Waals surface area contributed by atoms with Crippen molar-refractivity contribution in [3.8, 4) is 0 Å². The van der Waals surface area contributed by atoms with Crippen molar-refractivity contribution >= 4 is 5.69 Å². The van der Waals surface area contributed by atoms with E-state index in [1.54, 1.807) is 0 Å². The van der Waals surface area contributed by atoms with Crippen LogP contribution in [0, 0.1) is 0 Å². The number of aliphatic hydroxyl groups is 1. The molecule has 0 spiro atoms. The van der Waals surface area contributed by atoms with Crippen LogP contribution >= 0.6 is 0 Å². The molecule has 1 aromatic carbocycles. The third-order valence-electron chi connectivity index (χ3n) is 2.89. The molecular weight excluding hydrogens is 174 g/mol. The molecule has 14 heavy (non-hydrogen) atoms. The van der Waals surface area contributed by atoms with Crippen LogP contribution in [0.4, 0.5) is 5.69 Å². The van der Waals surface area contributed by atoms with Gasteiger partial charge in [0.05, 0.1) is 6.10 Å². The highest BCUT2D eigenvalue weighted by Gasteiger charge is 2.19. The normalized spacial score (nSPS) is 16.9. The molecule has 1 heterocycles. The zero-order chi connectivity index (χ0) is 9.97. The van der Waals surface area contributed by atoms with Gasteiger partial charge in [0.2, 0.25) is 0 Å². The van der Waals surface area contributed by atoms with Crippen molar-refractivity contribution in [3.05, 3.63) is 29.8 Å². The molecule has 0 aliphatic carbocycles. The van der Waals surface area contributed by atoms with E-state index in [1.165, 1.54) is 11.3 Å². The van der Waals surface area contributed by atoms with Crippen molar-refractivity contribution in [1.82, 2.24) is 0 Å². The van der Waals surface area contributed by atoms with E-state index < -0.39 is 0 Å². The number of benzene rings is 1. The number of β-amino-alcohol motifs (C(OH)–C–C–N with tert-alkyl or cyclic N) is 1. The Morgan fingerprint density at radius 3 is 3.00 bits per heavy atom. The molecule has 76 valence electrons. The number of anilines is 1. The number of fused-ring (bicyclic) bond motifs is 1. The molecule has 0 saturated carbocycles. The lowest BCUT2D eigenvalue weighted by Gasteiger charge is -2.22. The fourth-order valence-electron chi connectivity index (χ4n) is 1.98. The van der Waals surface area contributed by atoms with Crippen LogP contribution in [-0.4, -0.2) is 24.3 Å². The summed E-state index contributed by atoms with van der Waals surface area (Å²) >= 11 is 0. The van der Waals surface area contributed by atoms with Gasteiger partial charge >= 0.3 is 0 Å². The van der Waals surface area contributed by atoms with Gasteiger partial charge in [-0.05, 0) is 24.5 Å². The summed E-state index contributed by atoms with van der Waals surface area (Å²) in [4.78, 5) is 2.28. The third-order valence-corrected chi connectivity index (χ3v) is 2.89. The molecule has 1 aliphatic rings. The third kappa shape index (κ3) is 1.75. The number of hydrogen-bond acceptors (Lipinski definition) is 2. The zero-order valence-electron chi connectivity index (χ0n) is 8.61. The van der Waals surface area contributed by atoms with E-state index in [2.05, 4.69) is 29.2 Å². The molecule has 2 rings (SSSR count). The first-order valence-electron chi connectivity index (χ1n) is 5.32. The topological polar surface area (TPSA) is 23.5 Å². The summed E-state index contributed by atoms with van der Waals surface area (Å²) in [6.45, 7) is 3.84. The molecule has 0 aromatic heterocycles. The minimum Gasteiger partial charge on any atom is -0.391 e. The second-order valence-corrected chi connectivity index (χ2v) is 3.89. The summed E-state index contributed by atoms with van der Waals surface area (Å²) in [5.74, 6) is 0. The number of aliphatic hydroxyl groups excluding tert-OH is 1. The van der Waals surface area contributed by atoms with Crippen molar-refractivity contribution in [2.45, 2.75) is 25.9 Å². The largest absolute Gasteiger partial charge is 0.391 e. The number of hydrogen-bond donors (Lipinski definition) is 1. The molecule has 2 nitrogen and oxygen atoms in total. The van der Waals surface area contributed by atoms with Gasteiger partial charge in [-0.3, -0.25) is 0 Å². The van der Waals surface area contributed by atoms with Crippen LogP contribution in [0.3, 0.4) is 0 Å². The predicted octanol–water partition coefficient (Wildman–Crippen LogP) is 1.82. The maximum absolute atomic E-state index is 9.60. The summed E-state index contributed by atoms with van der Waals surface area (Å²) in [6, 6.07) is 8.46. The van der Waals surface area contributed by atoms with Gasteiger partial charge in [0.1, 0.15) is 0 Å². The molecular formula is C12H17NO. The van der Waals surface area contributed by atoms with E-state index >= 15 is 0 Å². The summed E-state index contributed by atoms with van der Waals surface area (Å²) in [6.07, 6.45) is 1.76. The lowest BCUT2D eigenvalue weighted by molar-refractivity contribution is 0.176. The zero-order valence-corrected chi connectivity index (χ0v) is 8.61. The van der Waals surface area contributed by atoms with Gasteiger partial charge in [0.15, 0.2) is 0 Å². The van der Waals surface area contributed by atoms with Gasteiger partial charge in [-0.15, -0.1) is 0 Å². The van der Waals surface area contributed by atoms with Crippen LogP contribution in [0.2, 0.25) is 0 Å². The predicted molar refractivity (Wildman–Crippen MR) is 58.7 cm³/mol. The Morgan fingerprint density at radius 1 is 1.43 bits per heavy atom. The molecule has 2 heteroatoms. The molecule has 1 N–H and O–H groups in total. The van der Waals surface area contributed by atoms with E-state index in [0.717, 1.165) is 25.9 Å². The van der Waals surface area contributed by atoms with Crippen LogP contribution in [-0.2, 0) is 6.42 Å². The molecule has 0 unspecified atom stereocenters. The van der Waals surface area contributed by atoms with Crippen molar-refractivity contribution in [2.75, 3.05) is 18.0 Å². The van der Waals surface area contributed by atoms with Crippen LogP contribution in [0.1, 0.15) is 18.9 Å². The highest BCUT2D eigenvalue weighted by molar-refractivity contribution is 5.57.